The van der Waals surface area contributed by atoms with Crippen LogP contribution in [-0.2, 0) is 33.1 Å². The van der Waals surface area contributed by atoms with Gasteiger partial charge in [-0.1, -0.05) is 33.8 Å². The summed E-state index contributed by atoms with van der Waals surface area (Å²) >= 11 is 0. The van der Waals surface area contributed by atoms with Crippen LogP contribution in [-0.4, -0.2) is 25.9 Å². The Morgan fingerprint density at radius 3 is 1.75 bits per heavy atom. The van der Waals surface area contributed by atoms with Gasteiger partial charge in [-0.2, -0.15) is 16.8 Å². The summed E-state index contributed by atoms with van der Waals surface area (Å²) in [5, 5.41) is 0. The number of hydrogen-bond donors (Lipinski definition) is 2. The molecule has 0 aromatic heterocycles. The van der Waals surface area contributed by atoms with Crippen molar-refractivity contribution in [3.8, 4) is 0 Å². The van der Waals surface area contributed by atoms with Gasteiger partial charge in [0.05, 0.1) is 0 Å². The van der Waals surface area contributed by atoms with E-state index in [9.17, 15) is 25.9 Å². The highest BCUT2D eigenvalue weighted by Crippen LogP contribution is 2.30. The van der Waals surface area contributed by atoms with Crippen molar-refractivity contribution in [2.24, 2.45) is 11.8 Å². The summed E-state index contributed by atoms with van der Waals surface area (Å²) in [4.78, 5) is -1.45. The van der Waals surface area contributed by atoms with Gasteiger partial charge in [0.1, 0.15) is 9.79 Å². The molecule has 0 atom stereocenters. The highest BCUT2D eigenvalue weighted by atomic mass is 32.2. The molecule has 0 aliphatic rings. The SMILES string of the molecule is CC(C)CCc1ccc(S(=O)(=O)O)c(S(=O)(=O)O)c1CCC(C)C. The minimum atomic E-state index is -4.80. The molecule has 138 valence electrons. The third-order valence-electron chi connectivity index (χ3n) is 3.82. The van der Waals surface area contributed by atoms with Crippen molar-refractivity contribution in [1.82, 2.24) is 0 Å². The summed E-state index contributed by atoms with van der Waals surface area (Å²) in [5.41, 5.74) is 0.964. The van der Waals surface area contributed by atoms with Crippen LogP contribution in [0.1, 0.15) is 51.7 Å². The lowest BCUT2D eigenvalue weighted by Crippen LogP contribution is -2.14. The molecule has 0 saturated heterocycles. The van der Waals surface area contributed by atoms with Crippen molar-refractivity contribution in [2.75, 3.05) is 0 Å². The van der Waals surface area contributed by atoms with E-state index in [1.807, 2.05) is 27.7 Å². The summed E-state index contributed by atoms with van der Waals surface area (Å²) in [6.45, 7) is 8.00. The zero-order chi connectivity index (χ0) is 18.7. The fraction of sp³-hybridized carbons (Fsp3) is 0.625. The van der Waals surface area contributed by atoms with Crippen molar-refractivity contribution in [3.63, 3.8) is 0 Å². The normalized spacial score (nSPS) is 13.0. The molecule has 0 amide bonds. The summed E-state index contributed by atoms with van der Waals surface area (Å²) in [5.74, 6) is 0.657. The molecule has 0 aliphatic heterocycles. The van der Waals surface area contributed by atoms with Gasteiger partial charge in [0.2, 0.25) is 0 Å². The van der Waals surface area contributed by atoms with Gasteiger partial charge in [-0.15, -0.1) is 0 Å². The van der Waals surface area contributed by atoms with Crippen LogP contribution in [0.3, 0.4) is 0 Å². The highest BCUT2D eigenvalue weighted by molar-refractivity contribution is 7.89. The molecule has 1 aromatic carbocycles. The number of benzene rings is 1. The predicted octanol–water partition coefficient (Wildman–Crippen LogP) is 3.36. The first-order valence-corrected chi connectivity index (χ1v) is 10.8. The molecule has 1 rings (SSSR count). The predicted molar refractivity (Wildman–Crippen MR) is 92.4 cm³/mol. The van der Waals surface area contributed by atoms with E-state index in [1.165, 1.54) is 6.07 Å². The zero-order valence-corrected chi connectivity index (χ0v) is 16.1. The van der Waals surface area contributed by atoms with E-state index >= 15 is 0 Å². The van der Waals surface area contributed by atoms with E-state index < -0.39 is 30.0 Å². The molecule has 1 aromatic rings. The Bertz CT molecular complexity index is 777. The van der Waals surface area contributed by atoms with E-state index in [1.54, 1.807) is 0 Å². The van der Waals surface area contributed by atoms with E-state index in [0.717, 1.165) is 12.5 Å². The van der Waals surface area contributed by atoms with Gasteiger partial charge in [0.15, 0.2) is 0 Å². The fourth-order valence-corrected chi connectivity index (χ4v) is 4.61. The molecule has 6 nitrogen and oxygen atoms in total. The molecule has 0 saturated carbocycles. The van der Waals surface area contributed by atoms with E-state index in [-0.39, 0.29) is 11.5 Å². The van der Waals surface area contributed by atoms with Gasteiger partial charge in [0, 0.05) is 0 Å². The quantitative estimate of drug-likeness (QED) is 0.671. The lowest BCUT2D eigenvalue weighted by molar-refractivity contribution is 0.463. The van der Waals surface area contributed by atoms with E-state index in [2.05, 4.69) is 0 Å². The van der Waals surface area contributed by atoms with Crippen LogP contribution in [0.15, 0.2) is 21.9 Å². The van der Waals surface area contributed by atoms with Crippen LogP contribution in [0.4, 0.5) is 0 Å². The summed E-state index contributed by atoms with van der Waals surface area (Å²) in [6, 6.07) is 2.57. The molecule has 0 radical (unpaired) electrons. The minimum Gasteiger partial charge on any atom is -0.282 e. The number of rotatable bonds is 8. The number of aryl methyl sites for hydroxylation is 1. The second-order valence-corrected chi connectivity index (χ2v) is 9.59. The average Bonchev–Trinajstić information content (AvgIpc) is 2.39. The van der Waals surface area contributed by atoms with Crippen LogP contribution in [0, 0.1) is 11.8 Å². The second-order valence-electron chi connectivity index (χ2n) is 6.85. The van der Waals surface area contributed by atoms with Crippen LogP contribution in [0.2, 0.25) is 0 Å². The van der Waals surface area contributed by atoms with Gasteiger partial charge >= 0.3 is 0 Å². The van der Waals surface area contributed by atoms with Gasteiger partial charge < -0.3 is 0 Å². The Balaban J connectivity index is 3.63. The Morgan fingerprint density at radius 2 is 1.33 bits per heavy atom. The van der Waals surface area contributed by atoms with Crippen LogP contribution < -0.4 is 0 Å². The topological polar surface area (TPSA) is 109 Å². The second kappa shape index (κ2) is 7.95. The zero-order valence-electron chi connectivity index (χ0n) is 14.5. The van der Waals surface area contributed by atoms with Gasteiger partial charge in [0.25, 0.3) is 20.2 Å². The van der Waals surface area contributed by atoms with E-state index in [4.69, 9.17) is 0 Å². The maximum atomic E-state index is 11.8. The highest BCUT2D eigenvalue weighted by Gasteiger charge is 2.29. The molecular weight excluding hydrogens is 352 g/mol. The summed E-state index contributed by atoms with van der Waals surface area (Å²) in [6.07, 6.45) is 2.31. The molecule has 0 spiro atoms. The smallest absolute Gasteiger partial charge is 0.282 e. The maximum absolute atomic E-state index is 11.8. The maximum Gasteiger partial charge on any atom is 0.296 e. The van der Waals surface area contributed by atoms with Crippen LogP contribution >= 0.6 is 0 Å². The minimum absolute atomic E-state index is 0.270. The molecule has 0 bridgehead atoms. The third-order valence-corrected chi connectivity index (χ3v) is 5.83. The summed E-state index contributed by atoms with van der Waals surface area (Å²) < 4.78 is 65.7. The molecule has 0 fully saturated rings. The summed E-state index contributed by atoms with van der Waals surface area (Å²) in [7, 11) is -9.56. The van der Waals surface area contributed by atoms with Crippen LogP contribution in [0.25, 0.3) is 0 Å². The van der Waals surface area contributed by atoms with Gasteiger partial charge in [-0.05, 0) is 54.7 Å². The van der Waals surface area contributed by atoms with E-state index in [0.29, 0.717) is 30.7 Å². The first-order chi connectivity index (χ1) is 10.8. The Labute approximate surface area is 144 Å². The monoisotopic (exact) mass is 378 g/mol. The first-order valence-electron chi connectivity index (χ1n) is 7.93. The molecule has 2 N–H and O–H groups in total. The lowest BCUT2D eigenvalue weighted by Gasteiger charge is -2.17. The van der Waals surface area contributed by atoms with Crippen molar-refractivity contribution < 1.29 is 25.9 Å². The van der Waals surface area contributed by atoms with Crippen LogP contribution in [0.5, 0.6) is 0 Å². The first kappa shape index (κ1) is 21.1. The Kier molecular flexibility index (Phi) is 6.98. The molecule has 24 heavy (non-hydrogen) atoms. The average molecular weight is 379 g/mol. The van der Waals surface area contributed by atoms with Crippen molar-refractivity contribution in [3.05, 3.63) is 23.3 Å². The molecule has 0 aliphatic carbocycles. The van der Waals surface area contributed by atoms with Gasteiger partial charge in [-0.3, -0.25) is 9.11 Å². The fourth-order valence-electron chi connectivity index (χ4n) is 2.52. The van der Waals surface area contributed by atoms with Crippen molar-refractivity contribution in [2.45, 2.75) is 63.2 Å². The Hall–Kier alpha value is -0.960. The molecule has 0 heterocycles. The Morgan fingerprint density at radius 1 is 0.833 bits per heavy atom. The molecular formula is C16H26O6S2. The number of hydrogen-bond acceptors (Lipinski definition) is 4. The van der Waals surface area contributed by atoms with Crippen molar-refractivity contribution in [1.29, 1.82) is 0 Å². The largest absolute Gasteiger partial charge is 0.296 e. The molecule has 0 unspecified atom stereocenters. The lowest BCUT2D eigenvalue weighted by atomic mass is 9.94. The van der Waals surface area contributed by atoms with Gasteiger partial charge in [-0.25, -0.2) is 0 Å². The van der Waals surface area contributed by atoms with Crippen molar-refractivity contribution >= 4 is 20.2 Å². The standard InChI is InChI=1S/C16H26O6S2/c1-11(2)5-7-13-8-10-15(23(17,18)19)16(24(20,21)22)14(13)9-6-12(3)4/h8,10-12H,5-7,9H2,1-4H3,(H,17,18,19)(H,20,21,22). The molecule has 8 heteroatoms. The third kappa shape index (κ3) is 5.84.